The lowest BCUT2D eigenvalue weighted by molar-refractivity contribution is 0.170. The summed E-state index contributed by atoms with van der Waals surface area (Å²) >= 11 is 0. The average Bonchev–Trinajstić information content (AvgIpc) is 3.17. The predicted octanol–water partition coefficient (Wildman–Crippen LogP) is 1.84. The van der Waals surface area contributed by atoms with Gasteiger partial charge in [0.2, 0.25) is 0 Å². The lowest BCUT2D eigenvalue weighted by Gasteiger charge is -2.17. The minimum Gasteiger partial charge on any atom is -0.497 e. The van der Waals surface area contributed by atoms with Crippen molar-refractivity contribution in [3.05, 3.63) is 53.9 Å². The lowest BCUT2D eigenvalue weighted by Crippen LogP contribution is -2.32. The van der Waals surface area contributed by atoms with Crippen LogP contribution in [0.15, 0.2) is 42.5 Å². The third-order valence-electron chi connectivity index (χ3n) is 4.23. The number of carbonyl (C=O) groups is 1. The van der Waals surface area contributed by atoms with Crippen LogP contribution in [0.4, 0.5) is 10.5 Å². The van der Waals surface area contributed by atoms with E-state index < -0.39 is 12.1 Å². The van der Waals surface area contributed by atoms with Gasteiger partial charge in [0.25, 0.3) is 0 Å². The summed E-state index contributed by atoms with van der Waals surface area (Å²) in [6.45, 7) is 1.77. The van der Waals surface area contributed by atoms with Gasteiger partial charge in [-0.15, -0.1) is 5.10 Å². The van der Waals surface area contributed by atoms with Gasteiger partial charge in [0.15, 0.2) is 5.82 Å². The van der Waals surface area contributed by atoms with Crippen molar-refractivity contribution in [2.75, 3.05) is 26.1 Å². The summed E-state index contributed by atoms with van der Waals surface area (Å²) in [7, 11) is 3.05. The summed E-state index contributed by atoms with van der Waals surface area (Å²) in [5.41, 5.74) is 1.79. The maximum absolute atomic E-state index is 12.3. The number of aliphatic hydroxyl groups excluding tert-OH is 1. The molecule has 0 radical (unpaired) electrons. The van der Waals surface area contributed by atoms with Gasteiger partial charge in [-0.3, -0.25) is 0 Å². The zero-order valence-electron chi connectivity index (χ0n) is 16.3. The molecule has 0 saturated carbocycles. The van der Waals surface area contributed by atoms with Crippen LogP contribution in [0.25, 0.3) is 5.69 Å². The molecular weight excluding hydrogens is 376 g/mol. The SMILES string of the molecule is COc1ccc(OC)c(C(O)CNC(=O)Nc2cccc(-n3nnnc3C)c2)c1. The highest BCUT2D eigenvalue weighted by Crippen LogP contribution is 2.29. The van der Waals surface area contributed by atoms with Gasteiger partial charge < -0.3 is 25.2 Å². The average molecular weight is 398 g/mol. The number of tetrazole rings is 1. The molecule has 0 aliphatic heterocycles. The minimum absolute atomic E-state index is 0.0127. The zero-order chi connectivity index (χ0) is 20.8. The summed E-state index contributed by atoms with van der Waals surface area (Å²) in [4.78, 5) is 12.3. The molecule has 1 aromatic heterocycles. The topological polar surface area (TPSA) is 123 Å². The third-order valence-corrected chi connectivity index (χ3v) is 4.23. The molecule has 0 saturated heterocycles. The Labute approximate surface area is 167 Å². The molecule has 2 amide bonds. The van der Waals surface area contributed by atoms with E-state index in [1.807, 2.05) is 6.07 Å². The Bertz CT molecular complexity index is 990. The summed E-state index contributed by atoms with van der Waals surface area (Å²) in [5, 5.41) is 27.2. The number of anilines is 1. The number of rotatable bonds is 7. The smallest absolute Gasteiger partial charge is 0.319 e. The van der Waals surface area contributed by atoms with E-state index in [4.69, 9.17) is 9.47 Å². The molecule has 29 heavy (non-hydrogen) atoms. The van der Waals surface area contributed by atoms with Crippen LogP contribution in [0.1, 0.15) is 17.5 Å². The normalized spacial score (nSPS) is 11.6. The van der Waals surface area contributed by atoms with E-state index in [1.165, 1.54) is 14.2 Å². The molecule has 1 atom stereocenters. The van der Waals surface area contributed by atoms with Crippen LogP contribution in [-0.2, 0) is 0 Å². The van der Waals surface area contributed by atoms with E-state index in [0.29, 0.717) is 34.3 Å². The zero-order valence-corrected chi connectivity index (χ0v) is 16.3. The van der Waals surface area contributed by atoms with Crippen molar-refractivity contribution in [1.82, 2.24) is 25.5 Å². The molecule has 3 rings (SSSR count). The van der Waals surface area contributed by atoms with Gasteiger partial charge in [-0.25, -0.2) is 4.79 Å². The van der Waals surface area contributed by atoms with Gasteiger partial charge in [-0.1, -0.05) is 6.07 Å². The first-order valence-corrected chi connectivity index (χ1v) is 8.82. The van der Waals surface area contributed by atoms with E-state index in [-0.39, 0.29) is 6.54 Å². The Hall–Kier alpha value is -3.66. The van der Waals surface area contributed by atoms with Crippen LogP contribution in [0, 0.1) is 6.92 Å². The molecule has 0 aliphatic carbocycles. The molecule has 0 spiro atoms. The highest BCUT2D eigenvalue weighted by Gasteiger charge is 2.16. The molecule has 0 bridgehead atoms. The second-order valence-electron chi connectivity index (χ2n) is 6.15. The van der Waals surface area contributed by atoms with Gasteiger partial charge in [0.05, 0.1) is 19.9 Å². The maximum Gasteiger partial charge on any atom is 0.319 e. The fourth-order valence-electron chi connectivity index (χ4n) is 2.76. The Morgan fingerprint density at radius 2 is 2.03 bits per heavy atom. The predicted molar refractivity (Wildman–Crippen MR) is 105 cm³/mol. The van der Waals surface area contributed by atoms with Crippen LogP contribution in [0.5, 0.6) is 11.5 Å². The summed E-state index contributed by atoms with van der Waals surface area (Å²) in [5.74, 6) is 1.71. The van der Waals surface area contributed by atoms with Crippen molar-refractivity contribution in [1.29, 1.82) is 0 Å². The monoisotopic (exact) mass is 398 g/mol. The fourth-order valence-corrected chi connectivity index (χ4v) is 2.76. The fraction of sp³-hybridized carbons (Fsp3) is 0.263. The van der Waals surface area contributed by atoms with Gasteiger partial charge in [0, 0.05) is 17.8 Å². The van der Waals surface area contributed by atoms with Crippen LogP contribution in [-0.4, -0.2) is 52.1 Å². The van der Waals surface area contributed by atoms with E-state index >= 15 is 0 Å². The summed E-state index contributed by atoms with van der Waals surface area (Å²) in [6, 6.07) is 11.7. The number of aliphatic hydroxyl groups is 1. The van der Waals surface area contributed by atoms with Crippen molar-refractivity contribution >= 4 is 11.7 Å². The first kappa shape index (κ1) is 20.1. The van der Waals surface area contributed by atoms with E-state index in [2.05, 4.69) is 26.2 Å². The number of ether oxygens (including phenoxy) is 2. The Kier molecular flexibility index (Phi) is 6.25. The van der Waals surface area contributed by atoms with Crippen LogP contribution < -0.4 is 20.1 Å². The number of amides is 2. The third kappa shape index (κ3) is 4.79. The van der Waals surface area contributed by atoms with Gasteiger partial charge in [0.1, 0.15) is 17.6 Å². The Balaban J connectivity index is 1.63. The molecule has 3 N–H and O–H groups in total. The minimum atomic E-state index is -0.971. The van der Waals surface area contributed by atoms with Crippen LogP contribution in [0.3, 0.4) is 0 Å². The lowest BCUT2D eigenvalue weighted by atomic mass is 10.1. The van der Waals surface area contributed by atoms with Crippen molar-refractivity contribution in [3.63, 3.8) is 0 Å². The molecule has 0 fully saturated rings. The molecular formula is C19H22N6O4. The number of aromatic nitrogens is 4. The Morgan fingerprint density at radius 1 is 1.21 bits per heavy atom. The first-order chi connectivity index (χ1) is 14.0. The van der Waals surface area contributed by atoms with Gasteiger partial charge in [-0.05, 0) is 53.7 Å². The van der Waals surface area contributed by atoms with Crippen molar-refractivity contribution in [3.8, 4) is 17.2 Å². The summed E-state index contributed by atoms with van der Waals surface area (Å²) in [6.07, 6.45) is -0.971. The number of carbonyl (C=O) groups excluding carboxylic acids is 1. The van der Waals surface area contributed by atoms with Crippen molar-refractivity contribution in [2.24, 2.45) is 0 Å². The second-order valence-corrected chi connectivity index (χ2v) is 6.15. The summed E-state index contributed by atoms with van der Waals surface area (Å²) < 4.78 is 12.0. The van der Waals surface area contributed by atoms with Crippen LogP contribution in [0.2, 0.25) is 0 Å². The Morgan fingerprint density at radius 3 is 2.72 bits per heavy atom. The van der Waals surface area contributed by atoms with Crippen molar-refractivity contribution < 1.29 is 19.4 Å². The largest absolute Gasteiger partial charge is 0.497 e. The number of urea groups is 1. The maximum atomic E-state index is 12.3. The highest BCUT2D eigenvalue weighted by atomic mass is 16.5. The highest BCUT2D eigenvalue weighted by molar-refractivity contribution is 5.89. The molecule has 152 valence electrons. The first-order valence-electron chi connectivity index (χ1n) is 8.82. The molecule has 3 aromatic rings. The number of nitrogens with one attached hydrogen (secondary N) is 2. The van der Waals surface area contributed by atoms with Crippen molar-refractivity contribution in [2.45, 2.75) is 13.0 Å². The number of aryl methyl sites for hydroxylation is 1. The number of methoxy groups -OCH3 is 2. The molecule has 10 heteroatoms. The standard InChI is InChI=1S/C19H22N6O4/c1-12-22-23-24-25(12)14-6-4-5-13(9-14)21-19(27)20-11-17(26)16-10-15(28-2)7-8-18(16)29-3/h4-10,17,26H,11H2,1-3H3,(H2,20,21,27). The van der Waals surface area contributed by atoms with Gasteiger partial charge >= 0.3 is 6.03 Å². The molecule has 1 unspecified atom stereocenters. The molecule has 10 nitrogen and oxygen atoms in total. The second kappa shape index (κ2) is 9.02. The van der Waals surface area contributed by atoms with E-state index in [9.17, 15) is 9.90 Å². The molecule has 1 heterocycles. The number of hydrogen-bond donors (Lipinski definition) is 3. The van der Waals surface area contributed by atoms with E-state index in [1.54, 1.807) is 48.0 Å². The van der Waals surface area contributed by atoms with Gasteiger partial charge in [-0.2, -0.15) is 4.68 Å². The molecule has 2 aromatic carbocycles. The van der Waals surface area contributed by atoms with Crippen LogP contribution >= 0.6 is 0 Å². The van der Waals surface area contributed by atoms with E-state index in [0.717, 1.165) is 0 Å². The quantitative estimate of drug-likeness (QED) is 0.555. The number of benzene rings is 2. The number of nitrogens with zero attached hydrogens (tertiary/aromatic N) is 4. The number of hydrogen-bond acceptors (Lipinski definition) is 7. The molecule has 0 aliphatic rings.